The number of aromatic nitrogens is 1. The van der Waals surface area contributed by atoms with E-state index in [2.05, 4.69) is 0 Å². The summed E-state index contributed by atoms with van der Waals surface area (Å²) in [5.74, 6) is -1.83. The highest BCUT2D eigenvalue weighted by Crippen LogP contribution is 2.22. The van der Waals surface area contributed by atoms with Crippen molar-refractivity contribution in [2.24, 2.45) is 0 Å². The molecule has 0 amide bonds. The Balaban J connectivity index is 2.58. The molecule has 2 rings (SSSR count). The largest absolute Gasteiger partial charge is 0.456 e. The first kappa shape index (κ1) is 9.76. The van der Waals surface area contributed by atoms with Crippen LogP contribution >= 0.6 is 0 Å². The fourth-order valence-corrected chi connectivity index (χ4v) is 1.39. The van der Waals surface area contributed by atoms with Gasteiger partial charge in [0.1, 0.15) is 0 Å². The molecule has 78 valence electrons. The van der Waals surface area contributed by atoms with E-state index in [4.69, 9.17) is 0 Å². The van der Waals surface area contributed by atoms with Crippen molar-refractivity contribution in [2.45, 2.75) is 6.18 Å². The third-order valence-corrected chi connectivity index (χ3v) is 2.05. The Morgan fingerprint density at radius 1 is 1.13 bits per heavy atom. The van der Waals surface area contributed by atoms with E-state index in [0.717, 1.165) is 0 Å². The van der Waals surface area contributed by atoms with E-state index in [1.54, 1.807) is 18.2 Å². The van der Waals surface area contributed by atoms with Crippen molar-refractivity contribution in [1.29, 1.82) is 0 Å². The number of carbonyl (C=O) groups excluding carboxylic acids is 1. The molecule has 0 bridgehead atoms. The van der Waals surface area contributed by atoms with Gasteiger partial charge in [-0.05, 0) is 24.3 Å². The summed E-state index contributed by atoms with van der Waals surface area (Å²) in [4.78, 5) is 11.0. The average molecular weight is 213 g/mol. The Morgan fingerprint density at radius 3 is 2.53 bits per heavy atom. The van der Waals surface area contributed by atoms with Crippen molar-refractivity contribution >= 4 is 11.3 Å². The quantitative estimate of drug-likeness (QED) is 0.667. The normalized spacial score (nSPS) is 11.9. The zero-order chi connectivity index (χ0) is 11.1. The van der Waals surface area contributed by atoms with Crippen molar-refractivity contribution in [2.75, 3.05) is 0 Å². The third-order valence-electron chi connectivity index (χ3n) is 2.05. The van der Waals surface area contributed by atoms with Crippen LogP contribution < -0.4 is 0 Å². The van der Waals surface area contributed by atoms with Crippen LogP contribution in [0.3, 0.4) is 0 Å². The van der Waals surface area contributed by atoms with Crippen LogP contribution in [-0.4, -0.2) is 16.4 Å². The van der Waals surface area contributed by atoms with E-state index in [0.29, 0.717) is 5.52 Å². The van der Waals surface area contributed by atoms with Crippen LogP contribution in [0.2, 0.25) is 0 Å². The SMILES string of the molecule is O=C(c1ccc2ccccn12)C(F)(F)F. The molecule has 0 aromatic carbocycles. The van der Waals surface area contributed by atoms with Crippen molar-refractivity contribution in [3.8, 4) is 0 Å². The summed E-state index contributed by atoms with van der Waals surface area (Å²) in [6.45, 7) is 0. The van der Waals surface area contributed by atoms with Gasteiger partial charge in [0.05, 0.1) is 5.69 Å². The number of pyridine rings is 1. The topological polar surface area (TPSA) is 21.5 Å². The zero-order valence-corrected chi connectivity index (χ0v) is 7.45. The molecular formula is C10H6F3NO. The Bertz CT molecular complexity index is 513. The summed E-state index contributed by atoms with van der Waals surface area (Å²) in [7, 11) is 0. The Hall–Kier alpha value is -1.78. The third kappa shape index (κ3) is 1.60. The lowest BCUT2D eigenvalue weighted by Gasteiger charge is -2.04. The molecule has 2 aromatic heterocycles. The molecule has 0 N–H and O–H groups in total. The Labute approximate surface area is 82.9 Å². The van der Waals surface area contributed by atoms with Gasteiger partial charge in [-0.3, -0.25) is 4.79 Å². The van der Waals surface area contributed by atoms with Gasteiger partial charge in [-0.25, -0.2) is 0 Å². The predicted octanol–water partition coefficient (Wildman–Crippen LogP) is 2.68. The molecule has 2 aromatic rings. The van der Waals surface area contributed by atoms with Crippen LogP contribution in [0.5, 0.6) is 0 Å². The molecule has 2 heterocycles. The van der Waals surface area contributed by atoms with Crippen molar-refractivity contribution in [3.05, 3.63) is 42.2 Å². The maximum Gasteiger partial charge on any atom is 0.456 e. The number of nitrogens with zero attached hydrogens (tertiary/aromatic N) is 1. The van der Waals surface area contributed by atoms with E-state index in [1.807, 2.05) is 0 Å². The number of hydrogen-bond donors (Lipinski definition) is 0. The minimum absolute atomic E-state index is 0.363. The highest BCUT2D eigenvalue weighted by Gasteiger charge is 2.40. The molecular weight excluding hydrogens is 207 g/mol. The first-order valence-corrected chi connectivity index (χ1v) is 4.18. The molecule has 0 saturated carbocycles. The number of carbonyl (C=O) groups is 1. The van der Waals surface area contributed by atoms with E-state index < -0.39 is 12.0 Å². The van der Waals surface area contributed by atoms with Crippen LogP contribution in [-0.2, 0) is 0 Å². The summed E-state index contributed by atoms with van der Waals surface area (Å²) < 4.78 is 37.8. The van der Waals surface area contributed by atoms with Gasteiger partial charge in [0, 0.05) is 11.7 Å². The van der Waals surface area contributed by atoms with Crippen LogP contribution in [0.4, 0.5) is 13.2 Å². The van der Waals surface area contributed by atoms with Gasteiger partial charge in [0.2, 0.25) is 0 Å². The Kier molecular flexibility index (Phi) is 2.03. The van der Waals surface area contributed by atoms with E-state index >= 15 is 0 Å². The summed E-state index contributed by atoms with van der Waals surface area (Å²) in [5.41, 5.74) is 0.197. The van der Waals surface area contributed by atoms with Crippen LogP contribution in [0.1, 0.15) is 10.5 Å². The standard InChI is InChI=1S/C10H6F3NO/c11-10(12,13)9(15)8-5-4-7-3-1-2-6-14(7)8/h1-6H. The molecule has 15 heavy (non-hydrogen) atoms. The number of fused-ring (bicyclic) bond motifs is 1. The van der Waals surface area contributed by atoms with Crippen LogP contribution in [0.15, 0.2) is 36.5 Å². The lowest BCUT2D eigenvalue weighted by Crippen LogP contribution is -2.24. The highest BCUT2D eigenvalue weighted by molar-refractivity contribution is 5.99. The summed E-state index contributed by atoms with van der Waals surface area (Å²) in [6, 6.07) is 7.54. The van der Waals surface area contributed by atoms with E-state index in [9.17, 15) is 18.0 Å². The van der Waals surface area contributed by atoms with Gasteiger partial charge in [-0.2, -0.15) is 13.2 Å². The van der Waals surface area contributed by atoms with E-state index in [-0.39, 0.29) is 5.69 Å². The van der Waals surface area contributed by atoms with Gasteiger partial charge < -0.3 is 4.40 Å². The molecule has 0 saturated heterocycles. The van der Waals surface area contributed by atoms with Crippen molar-refractivity contribution in [1.82, 2.24) is 4.40 Å². The lowest BCUT2D eigenvalue weighted by molar-refractivity contribution is -0.0888. The number of halogens is 3. The Morgan fingerprint density at radius 2 is 1.87 bits per heavy atom. The highest BCUT2D eigenvalue weighted by atomic mass is 19.4. The zero-order valence-electron chi connectivity index (χ0n) is 7.45. The monoisotopic (exact) mass is 213 g/mol. The number of Topliss-reactive ketones (excluding diaryl/α,β-unsaturated/α-hetero) is 1. The smallest absolute Gasteiger partial charge is 0.314 e. The second kappa shape index (κ2) is 3.12. The molecule has 0 aliphatic heterocycles. The maximum absolute atomic E-state index is 12.2. The minimum atomic E-state index is -4.83. The molecule has 0 aliphatic carbocycles. The molecule has 2 nitrogen and oxygen atoms in total. The average Bonchev–Trinajstić information content (AvgIpc) is 2.58. The second-order valence-corrected chi connectivity index (χ2v) is 3.04. The van der Waals surface area contributed by atoms with Crippen molar-refractivity contribution in [3.63, 3.8) is 0 Å². The van der Waals surface area contributed by atoms with Gasteiger partial charge in [-0.1, -0.05) is 6.07 Å². The van der Waals surface area contributed by atoms with Crippen LogP contribution in [0.25, 0.3) is 5.52 Å². The molecule has 0 fully saturated rings. The lowest BCUT2D eigenvalue weighted by atomic mass is 10.3. The van der Waals surface area contributed by atoms with Crippen LogP contribution in [0, 0.1) is 0 Å². The summed E-state index contributed by atoms with van der Waals surface area (Å²) in [6.07, 6.45) is -3.40. The number of alkyl halides is 3. The predicted molar refractivity (Wildman–Crippen MR) is 47.8 cm³/mol. The molecule has 0 spiro atoms. The van der Waals surface area contributed by atoms with Gasteiger partial charge in [0.15, 0.2) is 0 Å². The summed E-state index contributed by atoms with van der Waals surface area (Å²) >= 11 is 0. The molecule has 0 radical (unpaired) electrons. The van der Waals surface area contributed by atoms with Gasteiger partial charge in [-0.15, -0.1) is 0 Å². The number of rotatable bonds is 1. The number of hydrogen-bond acceptors (Lipinski definition) is 1. The fraction of sp³-hybridized carbons (Fsp3) is 0.100. The van der Waals surface area contributed by atoms with Gasteiger partial charge >= 0.3 is 6.18 Å². The second-order valence-electron chi connectivity index (χ2n) is 3.04. The first-order valence-electron chi connectivity index (χ1n) is 4.18. The minimum Gasteiger partial charge on any atom is -0.314 e. The molecule has 0 atom stereocenters. The number of ketones is 1. The van der Waals surface area contributed by atoms with Crippen molar-refractivity contribution < 1.29 is 18.0 Å². The maximum atomic E-state index is 12.2. The molecule has 0 unspecified atom stereocenters. The summed E-state index contributed by atoms with van der Waals surface area (Å²) in [5, 5.41) is 0. The van der Waals surface area contributed by atoms with E-state index in [1.165, 1.54) is 22.7 Å². The van der Waals surface area contributed by atoms with Gasteiger partial charge in [0.25, 0.3) is 5.78 Å². The fourth-order valence-electron chi connectivity index (χ4n) is 1.39. The first-order chi connectivity index (χ1) is 7.00. The molecule has 5 heteroatoms. The molecule has 0 aliphatic rings.